The molecule has 2 atom stereocenters. The minimum absolute atomic E-state index is 0.224. The topological polar surface area (TPSA) is 54.4 Å². The van der Waals surface area contributed by atoms with Gasteiger partial charge in [-0.1, -0.05) is 24.3 Å². The van der Waals surface area contributed by atoms with Gasteiger partial charge in [0.1, 0.15) is 0 Å². The van der Waals surface area contributed by atoms with Crippen LogP contribution >= 0.6 is 0 Å². The first-order chi connectivity index (χ1) is 11.8. The third-order valence-corrected chi connectivity index (χ3v) is 5.23. The first-order valence-electron chi connectivity index (χ1n) is 9.02. The summed E-state index contributed by atoms with van der Waals surface area (Å²) in [5.41, 5.74) is 1.07. The normalized spacial score (nSPS) is 20.8. The lowest BCUT2D eigenvalue weighted by atomic mass is 9.74. The van der Waals surface area contributed by atoms with Crippen LogP contribution in [0.25, 0.3) is 10.9 Å². The van der Waals surface area contributed by atoms with E-state index in [1.54, 1.807) is 7.11 Å². The van der Waals surface area contributed by atoms with Gasteiger partial charge >= 0.3 is 0 Å². The van der Waals surface area contributed by atoms with Crippen LogP contribution in [0.2, 0.25) is 0 Å². The molecule has 0 spiro atoms. The number of nitrogens with zero attached hydrogens (tertiary/aromatic N) is 1. The van der Waals surface area contributed by atoms with Crippen molar-refractivity contribution in [2.75, 3.05) is 26.8 Å². The van der Waals surface area contributed by atoms with Crippen LogP contribution in [0.1, 0.15) is 37.7 Å². The number of piperidine rings is 1. The molecule has 2 aromatic rings. The largest absolute Gasteiger partial charge is 0.385 e. The number of rotatable bonds is 7. The second kappa shape index (κ2) is 8.06. The number of ether oxygens (including phenoxy) is 1. The summed E-state index contributed by atoms with van der Waals surface area (Å²) in [5.74, 6) is 0.224. The minimum Gasteiger partial charge on any atom is -0.385 e. The Balaban J connectivity index is 1.95. The van der Waals surface area contributed by atoms with Crippen LogP contribution in [-0.4, -0.2) is 36.9 Å². The van der Waals surface area contributed by atoms with Crippen LogP contribution in [0.4, 0.5) is 0 Å². The highest BCUT2D eigenvalue weighted by Crippen LogP contribution is 2.40. The summed E-state index contributed by atoms with van der Waals surface area (Å²) in [6.07, 6.45) is 6.65. The fourth-order valence-electron chi connectivity index (χ4n) is 3.91. The summed E-state index contributed by atoms with van der Waals surface area (Å²) in [4.78, 5) is 4.58. The number of fused-ring (bicyclic) bond motifs is 1. The first-order valence-corrected chi connectivity index (χ1v) is 9.02. The molecule has 1 fully saturated rings. The Morgan fingerprint density at radius 3 is 2.96 bits per heavy atom. The van der Waals surface area contributed by atoms with Crippen molar-refractivity contribution in [2.24, 2.45) is 5.92 Å². The van der Waals surface area contributed by atoms with Crippen LogP contribution in [-0.2, 0) is 10.3 Å². The van der Waals surface area contributed by atoms with Gasteiger partial charge in [0.15, 0.2) is 0 Å². The average molecular weight is 328 g/mol. The second-order valence-electron chi connectivity index (χ2n) is 6.80. The molecule has 0 saturated carbocycles. The number of aromatic nitrogens is 1. The maximum atomic E-state index is 11.8. The molecule has 4 heteroatoms. The number of para-hydroxylation sites is 1. The van der Waals surface area contributed by atoms with E-state index in [1.807, 2.05) is 18.3 Å². The zero-order valence-electron chi connectivity index (χ0n) is 14.5. The number of pyridine rings is 1. The van der Waals surface area contributed by atoms with E-state index in [4.69, 9.17) is 4.74 Å². The lowest BCUT2D eigenvalue weighted by Crippen LogP contribution is -2.44. The predicted molar refractivity (Wildman–Crippen MR) is 97.0 cm³/mol. The van der Waals surface area contributed by atoms with Gasteiger partial charge in [0.25, 0.3) is 0 Å². The van der Waals surface area contributed by atoms with Crippen LogP contribution in [0.5, 0.6) is 0 Å². The first kappa shape index (κ1) is 17.3. The quantitative estimate of drug-likeness (QED) is 0.766. The zero-order chi connectivity index (χ0) is 16.8. The molecule has 24 heavy (non-hydrogen) atoms. The number of hydrogen-bond acceptors (Lipinski definition) is 4. The molecule has 2 heterocycles. The molecule has 1 unspecified atom stereocenters. The van der Waals surface area contributed by atoms with Gasteiger partial charge in [-0.3, -0.25) is 4.98 Å². The van der Waals surface area contributed by atoms with Gasteiger partial charge in [-0.25, -0.2) is 0 Å². The monoisotopic (exact) mass is 328 g/mol. The van der Waals surface area contributed by atoms with Gasteiger partial charge in [-0.2, -0.15) is 0 Å². The highest BCUT2D eigenvalue weighted by Gasteiger charge is 2.39. The fraction of sp³-hybridized carbons (Fsp3) is 0.550. The Morgan fingerprint density at radius 1 is 1.29 bits per heavy atom. The molecule has 0 radical (unpaired) electrons. The zero-order valence-corrected chi connectivity index (χ0v) is 14.5. The van der Waals surface area contributed by atoms with E-state index in [1.165, 1.54) is 0 Å². The molecule has 3 rings (SSSR count). The molecule has 1 aromatic heterocycles. The Hall–Kier alpha value is -1.49. The summed E-state index contributed by atoms with van der Waals surface area (Å²) in [6, 6.07) is 10.2. The average Bonchev–Trinajstić information content (AvgIpc) is 2.65. The Bertz CT molecular complexity index is 650. The van der Waals surface area contributed by atoms with Crippen LogP contribution in [0.3, 0.4) is 0 Å². The van der Waals surface area contributed by atoms with Crippen molar-refractivity contribution in [1.29, 1.82) is 0 Å². The third kappa shape index (κ3) is 3.61. The SMILES string of the molecule is COCCCC[C@@](O)(c1cccc2cccnc12)C1CCCNC1. The summed E-state index contributed by atoms with van der Waals surface area (Å²) in [7, 11) is 1.73. The van der Waals surface area contributed by atoms with Crippen molar-refractivity contribution in [2.45, 2.75) is 37.7 Å². The number of aliphatic hydroxyl groups is 1. The minimum atomic E-state index is -0.838. The number of unbranched alkanes of at least 4 members (excludes halogenated alkanes) is 1. The van der Waals surface area contributed by atoms with E-state index in [9.17, 15) is 5.11 Å². The molecule has 0 aliphatic carbocycles. The van der Waals surface area contributed by atoms with Crippen molar-refractivity contribution in [3.8, 4) is 0 Å². The van der Waals surface area contributed by atoms with Crippen LogP contribution in [0.15, 0.2) is 36.5 Å². The second-order valence-corrected chi connectivity index (χ2v) is 6.80. The lowest BCUT2D eigenvalue weighted by molar-refractivity contribution is -0.0423. The number of nitrogens with one attached hydrogen (secondary N) is 1. The molecule has 0 amide bonds. The molecule has 1 aliphatic heterocycles. The van der Waals surface area contributed by atoms with Gasteiger partial charge in [0.2, 0.25) is 0 Å². The Kier molecular flexibility index (Phi) is 5.82. The number of methoxy groups -OCH3 is 1. The highest BCUT2D eigenvalue weighted by molar-refractivity contribution is 5.82. The van der Waals surface area contributed by atoms with E-state index in [0.29, 0.717) is 0 Å². The fourth-order valence-corrected chi connectivity index (χ4v) is 3.91. The standard InChI is InChI=1S/C20H28N2O2/c1-24-14-3-2-11-20(23,17-9-6-12-21-15-17)18-10-4-7-16-8-5-13-22-19(16)18/h4-5,7-8,10,13,17,21,23H,2-3,6,9,11-12,14-15H2,1H3/t17?,20-/m0/s1. The number of benzene rings is 1. The summed E-state index contributed by atoms with van der Waals surface area (Å²) in [6.45, 7) is 2.65. The van der Waals surface area contributed by atoms with E-state index in [0.717, 1.165) is 68.3 Å². The molecule has 4 nitrogen and oxygen atoms in total. The molecule has 130 valence electrons. The molecule has 0 bridgehead atoms. The van der Waals surface area contributed by atoms with Gasteiger partial charge < -0.3 is 15.2 Å². The smallest absolute Gasteiger partial charge is 0.0957 e. The predicted octanol–water partition coefficient (Wildman–Crippen LogP) is 3.24. The van der Waals surface area contributed by atoms with Gasteiger partial charge in [0.05, 0.1) is 11.1 Å². The van der Waals surface area contributed by atoms with Crippen molar-refractivity contribution in [1.82, 2.24) is 10.3 Å². The molecule has 1 saturated heterocycles. The summed E-state index contributed by atoms with van der Waals surface area (Å²) >= 11 is 0. The van der Waals surface area contributed by atoms with Crippen LogP contribution in [0, 0.1) is 5.92 Å². The lowest BCUT2D eigenvalue weighted by Gasteiger charge is -2.39. The number of hydrogen-bond donors (Lipinski definition) is 2. The molecule has 1 aliphatic rings. The van der Waals surface area contributed by atoms with E-state index in [2.05, 4.69) is 28.5 Å². The molecule has 2 N–H and O–H groups in total. The van der Waals surface area contributed by atoms with E-state index in [-0.39, 0.29) is 5.92 Å². The Morgan fingerprint density at radius 2 is 2.17 bits per heavy atom. The van der Waals surface area contributed by atoms with Gasteiger partial charge in [-0.05, 0) is 44.7 Å². The van der Waals surface area contributed by atoms with Crippen molar-refractivity contribution in [3.05, 3.63) is 42.1 Å². The third-order valence-electron chi connectivity index (χ3n) is 5.23. The molecular weight excluding hydrogens is 300 g/mol. The van der Waals surface area contributed by atoms with Gasteiger partial charge in [-0.15, -0.1) is 0 Å². The van der Waals surface area contributed by atoms with E-state index < -0.39 is 5.60 Å². The summed E-state index contributed by atoms with van der Waals surface area (Å²) in [5, 5.41) is 16.3. The van der Waals surface area contributed by atoms with Crippen molar-refractivity contribution >= 4 is 10.9 Å². The van der Waals surface area contributed by atoms with Gasteiger partial charge in [0, 0.05) is 43.3 Å². The highest BCUT2D eigenvalue weighted by atomic mass is 16.5. The Labute approximate surface area is 144 Å². The maximum absolute atomic E-state index is 11.8. The van der Waals surface area contributed by atoms with E-state index >= 15 is 0 Å². The van der Waals surface area contributed by atoms with Crippen LogP contribution < -0.4 is 5.32 Å². The molecule has 1 aromatic carbocycles. The maximum Gasteiger partial charge on any atom is 0.0957 e. The van der Waals surface area contributed by atoms with Crippen molar-refractivity contribution < 1.29 is 9.84 Å². The summed E-state index contributed by atoms with van der Waals surface area (Å²) < 4.78 is 5.17. The molecular formula is C20H28N2O2. The van der Waals surface area contributed by atoms with Crippen molar-refractivity contribution in [3.63, 3.8) is 0 Å².